The van der Waals surface area contributed by atoms with Crippen LogP contribution in [0.4, 0.5) is 11.5 Å². The molecule has 5 heteroatoms. The van der Waals surface area contributed by atoms with Crippen molar-refractivity contribution >= 4 is 17.4 Å². The van der Waals surface area contributed by atoms with Crippen molar-refractivity contribution in [3.8, 4) is 0 Å². The van der Waals surface area contributed by atoms with Gasteiger partial charge in [0, 0.05) is 6.07 Å². The molecule has 1 aromatic rings. The van der Waals surface area contributed by atoms with Crippen molar-refractivity contribution in [3.63, 3.8) is 0 Å². The first-order chi connectivity index (χ1) is 5.75. The Bertz CT molecular complexity index is 382. The van der Waals surface area contributed by atoms with Crippen LogP contribution in [-0.4, -0.2) is 17.4 Å². The van der Waals surface area contributed by atoms with Gasteiger partial charge in [0.1, 0.15) is 5.82 Å². The molecule has 0 saturated heterocycles. The van der Waals surface area contributed by atoms with Crippen LogP contribution < -0.4 is 16.2 Å². The van der Waals surface area contributed by atoms with Crippen LogP contribution >= 0.6 is 0 Å². The molecule has 1 aliphatic rings. The lowest BCUT2D eigenvalue weighted by Gasteiger charge is -2.16. The van der Waals surface area contributed by atoms with Gasteiger partial charge < -0.3 is 15.6 Å². The van der Waals surface area contributed by atoms with Gasteiger partial charge in [-0.05, 0) is 6.07 Å². The monoisotopic (exact) mass is 165 g/mol. The SMILES string of the molecule is O=C1CNc2[nH]c(=O)ccc2N1. The minimum absolute atomic E-state index is 0.102. The van der Waals surface area contributed by atoms with Crippen molar-refractivity contribution in [2.75, 3.05) is 17.2 Å². The number of rotatable bonds is 0. The number of aromatic nitrogens is 1. The van der Waals surface area contributed by atoms with Gasteiger partial charge >= 0.3 is 0 Å². The highest BCUT2D eigenvalue weighted by Gasteiger charge is 2.13. The molecule has 0 saturated carbocycles. The lowest BCUT2D eigenvalue weighted by Crippen LogP contribution is -2.29. The number of fused-ring (bicyclic) bond motifs is 1. The van der Waals surface area contributed by atoms with E-state index in [-0.39, 0.29) is 18.0 Å². The molecular weight excluding hydrogens is 158 g/mol. The fourth-order valence-electron chi connectivity index (χ4n) is 1.08. The molecule has 1 aromatic heterocycles. The summed E-state index contributed by atoms with van der Waals surface area (Å²) in [5, 5.41) is 5.40. The van der Waals surface area contributed by atoms with E-state index in [1.807, 2.05) is 0 Å². The number of carbonyl (C=O) groups excluding carboxylic acids is 1. The smallest absolute Gasteiger partial charge is 0.249 e. The Morgan fingerprint density at radius 3 is 2.92 bits per heavy atom. The molecule has 62 valence electrons. The first-order valence-corrected chi connectivity index (χ1v) is 3.53. The zero-order chi connectivity index (χ0) is 8.55. The Morgan fingerprint density at radius 1 is 1.25 bits per heavy atom. The molecule has 5 nitrogen and oxygen atoms in total. The van der Waals surface area contributed by atoms with E-state index < -0.39 is 0 Å². The van der Waals surface area contributed by atoms with Crippen LogP contribution in [0, 0.1) is 0 Å². The number of hydrogen-bond donors (Lipinski definition) is 3. The third kappa shape index (κ3) is 1.05. The van der Waals surface area contributed by atoms with Crippen molar-refractivity contribution in [2.24, 2.45) is 0 Å². The number of hydrogen-bond acceptors (Lipinski definition) is 3. The number of H-pyrrole nitrogens is 1. The van der Waals surface area contributed by atoms with Crippen LogP contribution in [0.5, 0.6) is 0 Å². The largest absolute Gasteiger partial charge is 0.361 e. The highest BCUT2D eigenvalue weighted by molar-refractivity contribution is 5.99. The summed E-state index contributed by atoms with van der Waals surface area (Å²) in [4.78, 5) is 24.2. The van der Waals surface area contributed by atoms with Crippen molar-refractivity contribution in [2.45, 2.75) is 0 Å². The summed E-state index contributed by atoms with van der Waals surface area (Å²) in [5.41, 5.74) is 0.434. The Balaban J connectivity index is 2.49. The summed E-state index contributed by atoms with van der Waals surface area (Å²) in [7, 11) is 0. The lowest BCUT2D eigenvalue weighted by molar-refractivity contribution is -0.114. The van der Waals surface area contributed by atoms with Gasteiger partial charge in [-0.15, -0.1) is 0 Å². The van der Waals surface area contributed by atoms with Crippen molar-refractivity contribution in [1.29, 1.82) is 0 Å². The van der Waals surface area contributed by atoms with Gasteiger partial charge in [-0.1, -0.05) is 0 Å². The summed E-state index contributed by atoms with van der Waals surface area (Å²) < 4.78 is 0. The molecule has 1 aliphatic heterocycles. The third-order valence-electron chi connectivity index (χ3n) is 1.62. The second-order valence-electron chi connectivity index (χ2n) is 2.51. The molecule has 2 rings (SSSR count). The number of anilines is 2. The second-order valence-corrected chi connectivity index (χ2v) is 2.51. The van der Waals surface area contributed by atoms with E-state index in [9.17, 15) is 9.59 Å². The van der Waals surface area contributed by atoms with E-state index in [2.05, 4.69) is 15.6 Å². The Kier molecular flexibility index (Phi) is 1.36. The summed E-state index contributed by atoms with van der Waals surface area (Å²) in [6, 6.07) is 2.93. The Morgan fingerprint density at radius 2 is 2.08 bits per heavy atom. The van der Waals surface area contributed by atoms with E-state index in [1.54, 1.807) is 6.07 Å². The van der Waals surface area contributed by atoms with Gasteiger partial charge in [0.05, 0.1) is 12.2 Å². The van der Waals surface area contributed by atoms with Gasteiger partial charge in [-0.2, -0.15) is 0 Å². The van der Waals surface area contributed by atoms with Gasteiger partial charge in [0.2, 0.25) is 11.5 Å². The highest BCUT2D eigenvalue weighted by Crippen LogP contribution is 2.18. The number of pyridine rings is 1. The predicted octanol–water partition coefficient (Wildman–Crippen LogP) is -0.261. The number of amides is 1. The van der Waals surface area contributed by atoms with E-state index in [1.165, 1.54) is 6.07 Å². The maximum Gasteiger partial charge on any atom is 0.249 e. The van der Waals surface area contributed by atoms with Crippen LogP contribution in [0.3, 0.4) is 0 Å². The minimum atomic E-state index is -0.183. The molecule has 3 N–H and O–H groups in total. The average Bonchev–Trinajstić information content (AvgIpc) is 2.05. The molecule has 1 amide bonds. The fraction of sp³-hybridized carbons (Fsp3) is 0.143. The van der Waals surface area contributed by atoms with Crippen LogP contribution in [0.1, 0.15) is 0 Å². The van der Waals surface area contributed by atoms with E-state index in [0.717, 1.165) is 0 Å². The quantitative estimate of drug-likeness (QED) is 0.495. The number of nitrogens with one attached hydrogen (secondary N) is 3. The zero-order valence-electron chi connectivity index (χ0n) is 6.18. The third-order valence-corrected chi connectivity index (χ3v) is 1.62. The molecule has 0 spiro atoms. The van der Waals surface area contributed by atoms with E-state index in [4.69, 9.17) is 0 Å². The molecular formula is C7H7N3O2. The van der Waals surface area contributed by atoms with Crippen LogP contribution in [0.25, 0.3) is 0 Å². The Hall–Kier alpha value is -1.78. The zero-order valence-corrected chi connectivity index (χ0v) is 6.18. The van der Waals surface area contributed by atoms with Gasteiger partial charge in [-0.25, -0.2) is 0 Å². The fourth-order valence-corrected chi connectivity index (χ4v) is 1.08. The first kappa shape index (κ1) is 6.90. The number of aromatic amines is 1. The molecule has 0 aromatic carbocycles. The first-order valence-electron chi connectivity index (χ1n) is 3.53. The number of carbonyl (C=O) groups is 1. The van der Waals surface area contributed by atoms with Crippen LogP contribution in [0.2, 0.25) is 0 Å². The van der Waals surface area contributed by atoms with E-state index >= 15 is 0 Å². The second kappa shape index (κ2) is 2.37. The Labute approximate surface area is 67.8 Å². The highest BCUT2D eigenvalue weighted by atomic mass is 16.2. The summed E-state index contributed by atoms with van der Waals surface area (Å²) in [5.74, 6) is 0.469. The molecule has 0 unspecified atom stereocenters. The minimum Gasteiger partial charge on any atom is -0.361 e. The van der Waals surface area contributed by atoms with Crippen molar-refractivity contribution in [1.82, 2.24) is 4.98 Å². The van der Waals surface area contributed by atoms with Gasteiger partial charge in [0.15, 0.2) is 0 Å². The van der Waals surface area contributed by atoms with Gasteiger partial charge in [-0.3, -0.25) is 9.59 Å². The molecule has 2 heterocycles. The maximum atomic E-state index is 10.8. The maximum absolute atomic E-state index is 10.8. The van der Waals surface area contributed by atoms with Crippen LogP contribution in [0.15, 0.2) is 16.9 Å². The molecule has 0 bridgehead atoms. The topological polar surface area (TPSA) is 74.0 Å². The average molecular weight is 165 g/mol. The van der Waals surface area contributed by atoms with Crippen LogP contribution in [-0.2, 0) is 4.79 Å². The summed E-state index contributed by atoms with van der Waals surface area (Å²) in [6.45, 7) is 0.201. The summed E-state index contributed by atoms with van der Waals surface area (Å²) in [6.07, 6.45) is 0. The summed E-state index contributed by atoms with van der Waals surface area (Å²) >= 11 is 0. The predicted molar refractivity (Wildman–Crippen MR) is 44.2 cm³/mol. The molecule has 0 aliphatic carbocycles. The van der Waals surface area contributed by atoms with E-state index in [0.29, 0.717) is 11.5 Å². The van der Waals surface area contributed by atoms with Gasteiger partial charge in [0.25, 0.3) is 0 Å². The molecule has 0 radical (unpaired) electrons. The molecule has 12 heavy (non-hydrogen) atoms. The molecule has 0 atom stereocenters. The normalized spacial score (nSPS) is 14.5. The van der Waals surface area contributed by atoms with Crippen molar-refractivity contribution in [3.05, 3.63) is 22.5 Å². The standard InChI is InChI=1S/C7H7N3O2/c11-5-2-1-4-7(10-5)8-3-6(12)9-4/h1-2H,3H2,(H,9,12)(H2,8,10,11). The lowest BCUT2D eigenvalue weighted by atomic mass is 10.3. The molecule has 0 fully saturated rings. The van der Waals surface area contributed by atoms with Crippen molar-refractivity contribution < 1.29 is 4.79 Å².